The normalized spacial score (nSPS) is 17.6. The highest BCUT2D eigenvalue weighted by molar-refractivity contribution is 6.17. The van der Waals surface area contributed by atoms with Gasteiger partial charge in [0.05, 0.1) is 5.88 Å². The second-order valence-corrected chi connectivity index (χ2v) is 4.45. The van der Waals surface area contributed by atoms with Crippen molar-refractivity contribution in [2.45, 2.75) is 25.3 Å². The average Bonchev–Trinajstić information content (AvgIpc) is 2.33. The number of alkyl halides is 1. The summed E-state index contributed by atoms with van der Waals surface area (Å²) in [6.45, 7) is 2.41. The van der Waals surface area contributed by atoms with Crippen LogP contribution < -0.4 is 5.56 Å². The predicted octanol–water partition coefficient (Wildman–Crippen LogP) is 2.01. The number of hydrogen-bond acceptors (Lipinski definition) is 2. The molecule has 2 rings (SSSR count). The number of rotatable bonds is 3. The van der Waals surface area contributed by atoms with E-state index in [-0.39, 0.29) is 11.4 Å². The van der Waals surface area contributed by atoms with Crippen LogP contribution in [0.1, 0.15) is 18.4 Å². The Morgan fingerprint density at radius 2 is 2.19 bits per heavy atom. The lowest BCUT2D eigenvalue weighted by molar-refractivity contribution is 0.0609. The number of halogens is 1. The molecule has 0 saturated carbocycles. The molecule has 1 saturated heterocycles. The second kappa shape index (κ2) is 5.51. The third-order valence-electron chi connectivity index (χ3n) is 3.04. The van der Waals surface area contributed by atoms with Crippen molar-refractivity contribution < 1.29 is 4.74 Å². The quantitative estimate of drug-likeness (QED) is 0.759. The molecular weight excluding hydrogens is 226 g/mol. The van der Waals surface area contributed by atoms with Crippen molar-refractivity contribution in [2.24, 2.45) is 5.92 Å². The maximum atomic E-state index is 11.9. The lowest BCUT2D eigenvalue weighted by atomic mass is 10.0. The third kappa shape index (κ3) is 2.66. The summed E-state index contributed by atoms with van der Waals surface area (Å²) >= 11 is 5.71. The summed E-state index contributed by atoms with van der Waals surface area (Å²) in [7, 11) is 0. The smallest absolute Gasteiger partial charge is 0.254 e. The van der Waals surface area contributed by atoms with Gasteiger partial charge in [-0.3, -0.25) is 4.79 Å². The molecule has 0 atom stereocenters. The molecule has 2 heterocycles. The minimum atomic E-state index is 0.0454. The molecule has 1 aliphatic heterocycles. The Morgan fingerprint density at radius 3 is 2.88 bits per heavy atom. The van der Waals surface area contributed by atoms with Crippen molar-refractivity contribution in [3.8, 4) is 0 Å². The van der Waals surface area contributed by atoms with Crippen LogP contribution in [0.25, 0.3) is 0 Å². The van der Waals surface area contributed by atoms with E-state index in [1.807, 2.05) is 12.3 Å². The minimum Gasteiger partial charge on any atom is -0.381 e. The van der Waals surface area contributed by atoms with Gasteiger partial charge in [-0.05, 0) is 24.8 Å². The fraction of sp³-hybridized carbons (Fsp3) is 0.583. The summed E-state index contributed by atoms with van der Waals surface area (Å²) in [5.41, 5.74) is 0.722. The molecule has 0 unspecified atom stereocenters. The Balaban J connectivity index is 2.11. The Bertz CT molecular complexity index is 396. The van der Waals surface area contributed by atoms with Crippen LogP contribution >= 0.6 is 11.6 Å². The van der Waals surface area contributed by atoms with Gasteiger partial charge in [-0.2, -0.15) is 0 Å². The van der Waals surface area contributed by atoms with E-state index in [9.17, 15) is 4.79 Å². The molecule has 0 bridgehead atoms. The van der Waals surface area contributed by atoms with Gasteiger partial charge in [0.15, 0.2) is 0 Å². The Labute approximate surface area is 100.0 Å². The van der Waals surface area contributed by atoms with Gasteiger partial charge in [0.25, 0.3) is 5.56 Å². The average molecular weight is 242 g/mol. The van der Waals surface area contributed by atoms with Crippen LogP contribution in [0.15, 0.2) is 23.1 Å². The van der Waals surface area contributed by atoms with Gasteiger partial charge >= 0.3 is 0 Å². The van der Waals surface area contributed by atoms with E-state index in [0.29, 0.717) is 11.5 Å². The molecule has 1 aliphatic rings. The maximum Gasteiger partial charge on any atom is 0.254 e. The molecule has 0 amide bonds. The molecule has 1 fully saturated rings. The number of hydrogen-bond donors (Lipinski definition) is 0. The molecule has 0 radical (unpaired) electrons. The van der Waals surface area contributed by atoms with Crippen molar-refractivity contribution >= 4 is 11.6 Å². The van der Waals surface area contributed by atoms with Gasteiger partial charge in [-0.1, -0.05) is 6.07 Å². The van der Waals surface area contributed by atoms with Crippen molar-refractivity contribution in [1.82, 2.24) is 4.57 Å². The molecule has 1 aromatic rings. The van der Waals surface area contributed by atoms with Crippen LogP contribution in [0.5, 0.6) is 0 Å². The molecule has 16 heavy (non-hydrogen) atoms. The molecular formula is C12H16ClNO2. The lowest BCUT2D eigenvalue weighted by Gasteiger charge is -2.22. The highest BCUT2D eigenvalue weighted by Gasteiger charge is 2.15. The van der Waals surface area contributed by atoms with Gasteiger partial charge in [0.2, 0.25) is 0 Å². The first-order chi connectivity index (χ1) is 7.81. The summed E-state index contributed by atoms with van der Waals surface area (Å²) in [4.78, 5) is 11.9. The molecule has 0 N–H and O–H groups in total. The zero-order valence-electron chi connectivity index (χ0n) is 9.19. The topological polar surface area (TPSA) is 31.2 Å². The lowest BCUT2D eigenvalue weighted by Crippen LogP contribution is -2.28. The minimum absolute atomic E-state index is 0.0454. The van der Waals surface area contributed by atoms with Crippen LogP contribution in [0, 0.1) is 5.92 Å². The Kier molecular flexibility index (Phi) is 4.02. The van der Waals surface area contributed by atoms with Gasteiger partial charge in [0.1, 0.15) is 0 Å². The molecule has 0 aromatic carbocycles. The van der Waals surface area contributed by atoms with Crippen LogP contribution in [-0.4, -0.2) is 17.8 Å². The zero-order valence-corrected chi connectivity index (χ0v) is 9.95. The molecule has 88 valence electrons. The Hall–Kier alpha value is -0.800. The predicted molar refractivity (Wildman–Crippen MR) is 63.8 cm³/mol. The van der Waals surface area contributed by atoms with Crippen molar-refractivity contribution in [3.05, 3.63) is 34.2 Å². The Morgan fingerprint density at radius 1 is 1.44 bits per heavy atom. The molecule has 0 spiro atoms. The SMILES string of the molecule is O=c1c(CCl)cccn1CC1CCOCC1. The zero-order chi connectivity index (χ0) is 11.4. The third-order valence-corrected chi connectivity index (χ3v) is 3.33. The summed E-state index contributed by atoms with van der Waals surface area (Å²) in [5.74, 6) is 0.838. The van der Waals surface area contributed by atoms with Crippen molar-refractivity contribution in [1.29, 1.82) is 0 Å². The maximum absolute atomic E-state index is 11.9. The van der Waals surface area contributed by atoms with Crippen LogP contribution in [-0.2, 0) is 17.2 Å². The fourth-order valence-corrected chi connectivity index (χ4v) is 2.24. The van der Waals surface area contributed by atoms with Gasteiger partial charge in [-0.15, -0.1) is 11.6 Å². The van der Waals surface area contributed by atoms with E-state index in [4.69, 9.17) is 16.3 Å². The summed E-state index contributed by atoms with van der Waals surface area (Å²) in [5, 5.41) is 0. The van der Waals surface area contributed by atoms with Crippen molar-refractivity contribution in [3.63, 3.8) is 0 Å². The molecule has 3 nitrogen and oxygen atoms in total. The summed E-state index contributed by atoms with van der Waals surface area (Å²) in [6, 6.07) is 3.67. The van der Waals surface area contributed by atoms with Crippen LogP contribution in [0.2, 0.25) is 0 Å². The number of ether oxygens (including phenoxy) is 1. The van der Waals surface area contributed by atoms with E-state index in [2.05, 4.69) is 0 Å². The van der Waals surface area contributed by atoms with Gasteiger partial charge in [0, 0.05) is 31.5 Å². The van der Waals surface area contributed by atoms with Crippen LogP contribution in [0.4, 0.5) is 0 Å². The first-order valence-electron chi connectivity index (χ1n) is 5.63. The van der Waals surface area contributed by atoms with Gasteiger partial charge < -0.3 is 9.30 Å². The van der Waals surface area contributed by atoms with Gasteiger partial charge in [-0.25, -0.2) is 0 Å². The first-order valence-corrected chi connectivity index (χ1v) is 6.16. The largest absolute Gasteiger partial charge is 0.381 e. The summed E-state index contributed by atoms with van der Waals surface area (Å²) < 4.78 is 7.08. The van der Waals surface area contributed by atoms with Crippen molar-refractivity contribution in [2.75, 3.05) is 13.2 Å². The number of pyridine rings is 1. The first kappa shape index (κ1) is 11.7. The molecule has 1 aromatic heterocycles. The number of aromatic nitrogens is 1. The van der Waals surface area contributed by atoms with E-state index >= 15 is 0 Å². The summed E-state index contributed by atoms with van der Waals surface area (Å²) in [6.07, 6.45) is 3.92. The standard InChI is InChI=1S/C12H16ClNO2/c13-8-11-2-1-5-14(12(11)15)9-10-3-6-16-7-4-10/h1-2,5,10H,3-4,6-9H2. The van der Waals surface area contributed by atoms with E-state index in [0.717, 1.165) is 32.6 Å². The highest BCUT2D eigenvalue weighted by Crippen LogP contribution is 2.16. The van der Waals surface area contributed by atoms with E-state index < -0.39 is 0 Å². The van der Waals surface area contributed by atoms with E-state index in [1.54, 1.807) is 10.6 Å². The second-order valence-electron chi connectivity index (χ2n) is 4.18. The number of nitrogens with zero attached hydrogens (tertiary/aromatic N) is 1. The van der Waals surface area contributed by atoms with E-state index in [1.165, 1.54) is 0 Å². The van der Waals surface area contributed by atoms with Crippen LogP contribution in [0.3, 0.4) is 0 Å². The molecule has 4 heteroatoms. The monoisotopic (exact) mass is 241 g/mol. The molecule has 0 aliphatic carbocycles. The highest BCUT2D eigenvalue weighted by atomic mass is 35.5. The fourth-order valence-electron chi connectivity index (χ4n) is 2.04.